The molecular formula is C15H13ClF2O. The van der Waals surface area contributed by atoms with E-state index in [1.54, 1.807) is 13.2 Å². The van der Waals surface area contributed by atoms with E-state index < -0.39 is 17.0 Å². The van der Waals surface area contributed by atoms with Gasteiger partial charge in [-0.25, -0.2) is 8.78 Å². The number of alkyl halides is 1. The molecule has 100 valence electrons. The second-order valence-corrected chi connectivity index (χ2v) is 4.65. The monoisotopic (exact) mass is 282 g/mol. The lowest BCUT2D eigenvalue weighted by Crippen LogP contribution is -2.03. The van der Waals surface area contributed by atoms with Crippen molar-refractivity contribution in [2.24, 2.45) is 0 Å². The Hall–Kier alpha value is -1.61. The molecule has 0 spiro atoms. The van der Waals surface area contributed by atoms with Crippen LogP contribution in [-0.4, -0.2) is 7.11 Å². The summed E-state index contributed by atoms with van der Waals surface area (Å²) in [5, 5.41) is -0.780. The van der Waals surface area contributed by atoms with Gasteiger partial charge in [-0.3, -0.25) is 0 Å². The minimum atomic E-state index is -0.780. The molecule has 0 aliphatic carbocycles. The minimum absolute atomic E-state index is 0.102. The minimum Gasteiger partial charge on any atom is -0.496 e. The van der Waals surface area contributed by atoms with Crippen LogP contribution in [0.1, 0.15) is 16.5 Å². The summed E-state index contributed by atoms with van der Waals surface area (Å²) >= 11 is 6.14. The van der Waals surface area contributed by atoms with Gasteiger partial charge in [0.1, 0.15) is 17.4 Å². The number of methoxy groups -OCH3 is 1. The van der Waals surface area contributed by atoms with Crippen LogP contribution in [0.2, 0.25) is 0 Å². The van der Waals surface area contributed by atoms with Gasteiger partial charge < -0.3 is 4.74 Å². The van der Waals surface area contributed by atoms with Crippen molar-refractivity contribution in [2.75, 3.05) is 7.11 Å². The Morgan fingerprint density at radius 2 is 1.68 bits per heavy atom. The summed E-state index contributed by atoms with van der Waals surface area (Å²) < 4.78 is 32.5. The van der Waals surface area contributed by atoms with Gasteiger partial charge in [-0.2, -0.15) is 0 Å². The molecule has 1 atom stereocenters. The first-order valence-electron chi connectivity index (χ1n) is 5.83. The molecule has 1 unspecified atom stereocenters. The largest absolute Gasteiger partial charge is 0.496 e. The number of para-hydroxylation sites is 1. The lowest BCUT2D eigenvalue weighted by molar-refractivity contribution is 0.409. The van der Waals surface area contributed by atoms with E-state index in [2.05, 4.69) is 0 Å². The highest BCUT2D eigenvalue weighted by Gasteiger charge is 2.19. The van der Waals surface area contributed by atoms with Crippen LogP contribution in [0.25, 0.3) is 0 Å². The van der Waals surface area contributed by atoms with Crippen molar-refractivity contribution in [3.63, 3.8) is 0 Å². The van der Waals surface area contributed by atoms with Crippen LogP contribution in [0, 0.1) is 11.6 Å². The van der Waals surface area contributed by atoms with Crippen molar-refractivity contribution in [1.82, 2.24) is 0 Å². The van der Waals surface area contributed by atoms with E-state index in [-0.39, 0.29) is 5.56 Å². The molecule has 19 heavy (non-hydrogen) atoms. The standard InChI is InChI=1S/C15H13ClF2O/c1-19-14-8-3-2-5-10(14)9-11(16)15-12(17)6-4-7-13(15)18/h2-8,11H,9H2,1H3. The van der Waals surface area contributed by atoms with Crippen molar-refractivity contribution in [2.45, 2.75) is 11.8 Å². The Kier molecular flexibility index (Phi) is 4.38. The summed E-state index contributed by atoms with van der Waals surface area (Å²) in [6, 6.07) is 11.0. The van der Waals surface area contributed by atoms with Crippen molar-refractivity contribution < 1.29 is 13.5 Å². The van der Waals surface area contributed by atoms with Crippen molar-refractivity contribution in [1.29, 1.82) is 0 Å². The van der Waals surface area contributed by atoms with E-state index in [1.807, 2.05) is 18.2 Å². The normalized spacial score (nSPS) is 12.2. The third-order valence-electron chi connectivity index (χ3n) is 2.90. The van der Waals surface area contributed by atoms with Crippen LogP contribution >= 0.6 is 11.6 Å². The molecule has 0 N–H and O–H groups in total. The van der Waals surface area contributed by atoms with E-state index in [1.165, 1.54) is 18.2 Å². The Morgan fingerprint density at radius 3 is 2.32 bits per heavy atom. The summed E-state index contributed by atoms with van der Waals surface area (Å²) in [7, 11) is 1.55. The van der Waals surface area contributed by atoms with E-state index >= 15 is 0 Å². The number of halogens is 3. The Bertz CT molecular complexity index is 552. The number of benzene rings is 2. The van der Waals surface area contributed by atoms with Crippen LogP contribution in [0.3, 0.4) is 0 Å². The van der Waals surface area contributed by atoms with Crippen LogP contribution in [0.5, 0.6) is 5.75 Å². The highest BCUT2D eigenvalue weighted by Crippen LogP contribution is 2.32. The Morgan fingerprint density at radius 1 is 1.05 bits per heavy atom. The third kappa shape index (κ3) is 3.04. The van der Waals surface area contributed by atoms with Crippen LogP contribution < -0.4 is 4.74 Å². The first-order valence-corrected chi connectivity index (χ1v) is 6.27. The van der Waals surface area contributed by atoms with E-state index in [0.717, 1.165) is 5.56 Å². The molecule has 2 rings (SSSR count). The fraction of sp³-hybridized carbons (Fsp3) is 0.200. The zero-order chi connectivity index (χ0) is 13.8. The van der Waals surface area contributed by atoms with Crippen molar-refractivity contribution in [3.05, 3.63) is 65.2 Å². The first-order chi connectivity index (χ1) is 9.13. The van der Waals surface area contributed by atoms with E-state index in [4.69, 9.17) is 16.3 Å². The SMILES string of the molecule is COc1ccccc1CC(Cl)c1c(F)cccc1F. The molecular weight excluding hydrogens is 270 g/mol. The molecule has 0 aliphatic rings. The molecule has 0 saturated carbocycles. The number of ether oxygens (including phenoxy) is 1. The number of hydrogen-bond donors (Lipinski definition) is 0. The maximum atomic E-state index is 13.6. The summed E-state index contributed by atoms with van der Waals surface area (Å²) in [6.07, 6.45) is 0.295. The second kappa shape index (κ2) is 6.02. The lowest BCUT2D eigenvalue weighted by atomic mass is 10.0. The van der Waals surface area contributed by atoms with Gasteiger partial charge in [-0.1, -0.05) is 24.3 Å². The molecule has 0 amide bonds. The molecule has 0 aromatic heterocycles. The van der Waals surface area contributed by atoms with Gasteiger partial charge in [-0.15, -0.1) is 11.6 Å². The predicted octanol–water partition coefficient (Wildman–Crippen LogP) is 4.50. The maximum absolute atomic E-state index is 13.6. The average molecular weight is 283 g/mol. The lowest BCUT2D eigenvalue weighted by Gasteiger charge is -2.14. The maximum Gasteiger partial charge on any atom is 0.130 e. The summed E-state index contributed by atoms with van der Waals surface area (Å²) in [5.74, 6) is -0.602. The smallest absolute Gasteiger partial charge is 0.130 e. The van der Waals surface area contributed by atoms with Crippen molar-refractivity contribution in [3.8, 4) is 5.75 Å². The van der Waals surface area contributed by atoms with E-state index in [9.17, 15) is 8.78 Å². The second-order valence-electron chi connectivity index (χ2n) is 4.12. The van der Waals surface area contributed by atoms with Gasteiger partial charge in [0.2, 0.25) is 0 Å². The number of hydrogen-bond acceptors (Lipinski definition) is 1. The first kappa shape index (κ1) is 13.8. The van der Waals surface area contributed by atoms with Gasteiger partial charge >= 0.3 is 0 Å². The molecule has 0 aliphatic heterocycles. The molecule has 0 fully saturated rings. The zero-order valence-corrected chi connectivity index (χ0v) is 11.1. The summed E-state index contributed by atoms with van der Waals surface area (Å²) in [4.78, 5) is 0. The quantitative estimate of drug-likeness (QED) is 0.751. The topological polar surface area (TPSA) is 9.23 Å². The van der Waals surface area contributed by atoms with Crippen molar-refractivity contribution >= 4 is 11.6 Å². The zero-order valence-electron chi connectivity index (χ0n) is 10.4. The molecule has 1 nitrogen and oxygen atoms in total. The number of rotatable bonds is 4. The van der Waals surface area contributed by atoms with E-state index in [0.29, 0.717) is 12.2 Å². The van der Waals surface area contributed by atoms with Gasteiger partial charge in [0.05, 0.1) is 12.5 Å². The fourth-order valence-corrected chi connectivity index (χ4v) is 2.35. The molecule has 0 heterocycles. The predicted molar refractivity (Wildman–Crippen MR) is 71.7 cm³/mol. The molecule has 2 aromatic rings. The molecule has 2 aromatic carbocycles. The highest BCUT2D eigenvalue weighted by atomic mass is 35.5. The molecule has 0 radical (unpaired) electrons. The van der Waals surface area contributed by atoms with Gasteiger partial charge in [0, 0.05) is 5.56 Å². The third-order valence-corrected chi connectivity index (χ3v) is 3.28. The summed E-state index contributed by atoms with van der Waals surface area (Å²) in [6.45, 7) is 0. The van der Waals surface area contributed by atoms with Gasteiger partial charge in [-0.05, 0) is 30.2 Å². The highest BCUT2D eigenvalue weighted by molar-refractivity contribution is 6.21. The fourth-order valence-electron chi connectivity index (χ4n) is 1.98. The summed E-state index contributed by atoms with van der Waals surface area (Å²) in [5.41, 5.74) is 0.711. The van der Waals surface area contributed by atoms with Crippen LogP contribution in [0.4, 0.5) is 8.78 Å². The molecule has 0 saturated heterocycles. The van der Waals surface area contributed by atoms with Gasteiger partial charge in [0.15, 0.2) is 0 Å². The van der Waals surface area contributed by atoms with Gasteiger partial charge in [0.25, 0.3) is 0 Å². The van der Waals surface area contributed by atoms with Crippen LogP contribution in [-0.2, 0) is 6.42 Å². The van der Waals surface area contributed by atoms with Crippen LogP contribution in [0.15, 0.2) is 42.5 Å². The Balaban J connectivity index is 2.28. The average Bonchev–Trinajstić information content (AvgIpc) is 2.39. The molecule has 4 heteroatoms. The molecule has 0 bridgehead atoms. The Labute approximate surface area is 115 Å².